The molecule has 0 heterocycles. The minimum atomic E-state index is 0.627. The maximum atomic E-state index is 3.73. The molecular formula is C11H21N. The van der Waals surface area contributed by atoms with Gasteiger partial charge in [0.25, 0.3) is 0 Å². The fourth-order valence-corrected chi connectivity index (χ4v) is 2.15. The Morgan fingerprint density at radius 1 is 0.917 bits per heavy atom. The van der Waals surface area contributed by atoms with Crippen LogP contribution in [0, 0.1) is 5.41 Å². The Morgan fingerprint density at radius 2 is 1.42 bits per heavy atom. The molecule has 0 radical (unpaired) electrons. The molecule has 12 heavy (non-hydrogen) atoms. The van der Waals surface area contributed by atoms with Crippen LogP contribution in [-0.4, -0.2) is 12.1 Å². The fraction of sp³-hybridized carbons (Fsp3) is 1.00. The third-order valence-electron chi connectivity index (χ3n) is 3.39. The zero-order chi connectivity index (χ0) is 8.60. The lowest BCUT2D eigenvalue weighted by Crippen LogP contribution is -2.36. The molecule has 0 aromatic heterocycles. The van der Waals surface area contributed by atoms with Crippen LogP contribution in [0.4, 0.5) is 0 Å². The summed E-state index contributed by atoms with van der Waals surface area (Å²) in [4.78, 5) is 0. The molecule has 0 atom stereocenters. The zero-order valence-corrected chi connectivity index (χ0v) is 8.40. The van der Waals surface area contributed by atoms with Crippen LogP contribution in [0.15, 0.2) is 0 Å². The molecule has 0 aromatic rings. The zero-order valence-electron chi connectivity index (χ0n) is 8.40. The van der Waals surface area contributed by atoms with Crippen LogP contribution >= 0.6 is 0 Å². The highest BCUT2D eigenvalue weighted by Crippen LogP contribution is 2.36. The van der Waals surface area contributed by atoms with Gasteiger partial charge in [0.05, 0.1) is 0 Å². The largest absolute Gasteiger partial charge is 0.311 e. The minimum absolute atomic E-state index is 0.627. The number of rotatable bonds is 2. The topological polar surface area (TPSA) is 12.0 Å². The van der Waals surface area contributed by atoms with Crippen LogP contribution in [0.25, 0.3) is 0 Å². The van der Waals surface area contributed by atoms with Gasteiger partial charge in [-0.25, -0.2) is 0 Å². The molecule has 0 aromatic carbocycles. The van der Waals surface area contributed by atoms with Crippen molar-refractivity contribution in [3.05, 3.63) is 0 Å². The summed E-state index contributed by atoms with van der Waals surface area (Å²) in [6.07, 6.45) is 8.50. The first kappa shape index (κ1) is 8.55. The molecule has 0 bridgehead atoms. The van der Waals surface area contributed by atoms with Crippen molar-refractivity contribution >= 4 is 0 Å². The van der Waals surface area contributed by atoms with E-state index in [0.29, 0.717) is 5.41 Å². The van der Waals surface area contributed by atoms with Crippen LogP contribution in [0.2, 0.25) is 0 Å². The summed E-state index contributed by atoms with van der Waals surface area (Å²) in [6, 6.07) is 1.75. The molecule has 2 fully saturated rings. The van der Waals surface area contributed by atoms with E-state index in [1.807, 2.05) is 0 Å². The Bertz CT molecular complexity index is 148. The number of hydrogen-bond donors (Lipinski definition) is 1. The molecule has 0 spiro atoms. The maximum Gasteiger partial charge on any atom is 0.00708 e. The lowest BCUT2D eigenvalue weighted by atomic mass is 9.75. The van der Waals surface area contributed by atoms with E-state index in [1.54, 1.807) is 0 Å². The smallest absolute Gasteiger partial charge is 0.00708 e. The quantitative estimate of drug-likeness (QED) is 0.667. The van der Waals surface area contributed by atoms with Crippen molar-refractivity contribution < 1.29 is 0 Å². The van der Waals surface area contributed by atoms with E-state index in [9.17, 15) is 0 Å². The second-order valence-electron chi connectivity index (χ2n) is 5.38. The predicted octanol–water partition coefficient (Wildman–Crippen LogP) is 2.71. The second-order valence-corrected chi connectivity index (χ2v) is 5.38. The summed E-state index contributed by atoms with van der Waals surface area (Å²) in [5, 5.41) is 3.73. The van der Waals surface area contributed by atoms with E-state index in [2.05, 4.69) is 19.2 Å². The molecule has 1 N–H and O–H groups in total. The summed E-state index contributed by atoms with van der Waals surface area (Å²) in [5.41, 5.74) is 0.627. The minimum Gasteiger partial charge on any atom is -0.311 e. The van der Waals surface area contributed by atoms with E-state index in [4.69, 9.17) is 0 Å². The normalized spacial score (nSPS) is 30.5. The lowest BCUT2D eigenvalue weighted by Gasteiger charge is -2.34. The molecule has 70 valence electrons. The summed E-state index contributed by atoms with van der Waals surface area (Å²) < 4.78 is 0. The first-order valence-electron chi connectivity index (χ1n) is 5.42. The van der Waals surface area contributed by atoms with Gasteiger partial charge in [-0.2, -0.15) is 0 Å². The van der Waals surface area contributed by atoms with E-state index in [1.165, 1.54) is 38.5 Å². The number of nitrogens with one attached hydrogen (secondary N) is 1. The van der Waals surface area contributed by atoms with Crippen molar-refractivity contribution in [1.82, 2.24) is 5.32 Å². The Labute approximate surface area is 75.9 Å². The van der Waals surface area contributed by atoms with E-state index < -0.39 is 0 Å². The Morgan fingerprint density at radius 3 is 1.92 bits per heavy atom. The van der Waals surface area contributed by atoms with E-state index in [-0.39, 0.29) is 0 Å². The van der Waals surface area contributed by atoms with E-state index in [0.717, 1.165) is 12.1 Å². The molecule has 0 saturated heterocycles. The molecule has 0 unspecified atom stereocenters. The highest BCUT2D eigenvalue weighted by molar-refractivity contribution is 4.88. The van der Waals surface area contributed by atoms with Gasteiger partial charge < -0.3 is 5.32 Å². The van der Waals surface area contributed by atoms with Crippen LogP contribution in [0.3, 0.4) is 0 Å². The summed E-state index contributed by atoms with van der Waals surface area (Å²) in [7, 11) is 0. The van der Waals surface area contributed by atoms with Crippen molar-refractivity contribution in [2.75, 3.05) is 0 Å². The molecular weight excluding hydrogens is 146 g/mol. The van der Waals surface area contributed by atoms with Gasteiger partial charge in [-0.15, -0.1) is 0 Å². The molecule has 2 saturated carbocycles. The third-order valence-corrected chi connectivity index (χ3v) is 3.39. The average Bonchev–Trinajstić information content (AvgIpc) is 2.77. The van der Waals surface area contributed by atoms with Gasteiger partial charge in [0.15, 0.2) is 0 Å². The molecule has 2 aliphatic carbocycles. The Hall–Kier alpha value is -0.0400. The van der Waals surface area contributed by atoms with Crippen molar-refractivity contribution in [2.24, 2.45) is 5.41 Å². The maximum absolute atomic E-state index is 3.73. The standard InChI is InChI=1S/C11H21N/c1-11(2)7-5-10(6-8-11)12-9-3-4-9/h9-10,12H,3-8H2,1-2H3. The molecule has 1 heteroatoms. The fourth-order valence-electron chi connectivity index (χ4n) is 2.15. The average molecular weight is 167 g/mol. The Balaban J connectivity index is 1.73. The van der Waals surface area contributed by atoms with Crippen molar-refractivity contribution in [3.63, 3.8) is 0 Å². The molecule has 2 rings (SSSR count). The van der Waals surface area contributed by atoms with E-state index >= 15 is 0 Å². The molecule has 0 amide bonds. The highest BCUT2D eigenvalue weighted by Gasteiger charge is 2.30. The molecule has 1 nitrogen and oxygen atoms in total. The summed E-state index contributed by atoms with van der Waals surface area (Å²) in [5.74, 6) is 0. The first-order chi connectivity index (χ1) is 5.66. The monoisotopic (exact) mass is 167 g/mol. The second kappa shape index (κ2) is 3.02. The van der Waals surface area contributed by atoms with Gasteiger partial charge in [-0.1, -0.05) is 13.8 Å². The van der Waals surface area contributed by atoms with Gasteiger partial charge in [0.2, 0.25) is 0 Å². The van der Waals surface area contributed by atoms with Gasteiger partial charge in [-0.3, -0.25) is 0 Å². The molecule has 0 aliphatic heterocycles. The van der Waals surface area contributed by atoms with Crippen LogP contribution in [0.5, 0.6) is 0 Å². The van der Waals surface area contributed by atoms with Crippen LogP contribution < -0.4 is 5.32 Å². The highest BCUT2D eigenvalue weighted by atomic mass is 15.0. The first-order valence-corrected chi connectivity index (χ1v) is 5.42. The van der Waals surface area contributed by atoms with Crippen molar-refractivity contribution in [3.8, 4) is 0 Å². The van der Waals surface area contributed by atoms with Crippen LogP contribution in [0.1, 0.15) is 52.4 Å². The molecule has 2 aliphatic rings. The van der Waals surface area contributed by atoms with Gasteiger partial charge in [0.1, 0.15) is 0 Å². The van der Waals surface area contributed by atoms with Gasteiger partial charge >= 0.3 is 0 Å². The van der Waals surface area contributed by atoms with Gasteiger partial charge in [0, 0.05) is 12.1 Å². The Kier molecular flexibility index (Phi) is 2.16. The van der Waals surface area contributed by atoms with Gasteiger partial charge in [-0.05, 0) is 43.9 Å². The summed E-state index contributed by atoms with van der Waals surface area (Å²) >= 11 is 0. The van der Waals surface area contributed by atoms with Crippen molar-refractivity contribution in [1.29, 1.82) is 0 Å². The summed E-state index contributed by atoms with van der Waals surface area (Å²) in [6.45, 7) is 4.81. The lowest BCUT2D eigenvalue weighted by molar-refractivity contribution is 0.206. The third kappa shape index (κ3) is 2.22. The predicted molar refractivity (Wildman–Crippen MR) is 52.2 cm³/mol. The van der Waals surface area contributed by atoms with Crippen molar-refractivity contribution in [2.45, 2.75) is 64.5 Å². The SMILES string of the molecule is CC1(C)CCC(NC2CC2)CC1. The number of hydrogen-bond acceptors (Lipinski definition) is 1. The van der Waals surface area contributed by atoms with Crippen LogP contribution in [-0.2, 0) is 0 Å².